The van der Waals surface area contributed by atoms with Crippen molar-refractivity contribution in [2.24, 2.45) is 0 Å². The molecule has 4 nitrogen and oxygen atoms in total. The molecule has 0 spiro atoms. The lowest BCUT2D eigenvalue weighted by Crippen LogP contribution is -2.38. The Bertz CT molecular complexity index is 358. The summed E-state index contributed by atoms with van der Waals surface area (Å²) < 4.78 is 52.3. The van der Waals surface area contributed by atoms with E-state index in [9.17, 15) is 22.4 Å². The van der Waals surface area contributed by atoms with Crippen molar-refractivity contribution in [1.29, 1.82) is 0 Å². The largest absolute Gasteiger partial charge is 0.480 e. The molecule has 0 aromatic rings. The van der Waals surface area contributed by atoms with Crippen molar-refractivity contribution in [3.63, 3.8) is 0 Å². The molecule has 0 amide bonds. The molecule has 0 saturated carbocycles. The van der Waals surface area contributed by atoms with Gasteiger partial charge in [0.1, 0.15) is 6.54 Å². The zero-order valence-electron chi connectivity index (χ0n) is 9.64. The second-order valence-electron chi connectivity index (χ2n) is 3.95. The van der Waals surface area contributed by atoms with Crippen molar-refractivity contribution in [1.82, 2.24) is 10.6 Å². The molecule has 1 aliphatic carbocycles. The van der Waals surface area contributed by atoms with E-state index in [0.29, 0.717) is 0 Å². The minimum absolute atomic E-state index is 0.154. The van der Waals surface area contributed by atoms with Gasteiger partial charge in [-0.3, -0.25) is 4.79 Å². The molecular weight excluding hydrogens is 256 g/mol. The van der Waals surface area contributed by atoms with Gasteiger partial charge in [0.05, 0.1) is 11.7 Å². The van der Waals surface area contributed by atoms with Crippen LogP contribution >= 0.6 is 0 Å². The summed E-state index contributed by atoms with van der Waals surface area (Å²) in [6.07, 6.45) is -3.61. The first-order chi connectivity index (χ1) is 8.29. The summed E-state index contributed by atoms with van der Waals surface area (Å²) in [6, 6.07) is -1.49. The van der Waals surface area contributed by atoms with Crippen molar-refractivity contribution < 1.29 is 27.5 Å². The van der Waals surface area contributed by atoms with Crippen LogP contribution in [0.25, 0.3) is 0 Å². The molecule has 0 bridgehead atoms. The summed E-state index contributed by atoms with van der Waals surface area (Å²) in [7, 11) is 1.25. The second-order valence-corrected chi connectivity index (χ2v) is 3.95. The van der Waals surface area contributed by atoms with E-state index in [4.69, 9.17) is 5.11 Å². The van der Waals surface area contributed by atoms with E-state index in [0.717, 1.165) is 0 Å². The molecule has 1 aliphatic rings. The van der Waals surface area contributed by atoms with Crippen LogP contribution in [0, 0.1) is 0 Å². The van der Waals surface area contributed by atoms with E-state index in [2.05, 4.69) is 5.32 Å². The number of alkyl halides is 4. The highest BCUT2D eigenvalue weighted by atomic mass is 19.3. The summed E-state index contributed by atoms with van der Waals surface area (Å²) >= 11 is 0. The normalized spacial score (nSPS) is 20.3. The SMILES string of the molecule is CNC(C1=C(NCC(=O)O)C(F)(F)CC1)C(F)F. The Morgan fingerprint density at radius 2 is 2.11 bits per heavy atom. The molecule has 3 N–H and O–H groups in total. The molecule has 0 aromatic carbocycles. The Labute approximate surface area is 101 Å². The lowest BCUT2D eigenvalue weighted by atomic mass is 10.1. The van der Waals surface area contributed by atoms with Gasteiger partial charge in [-0.15, -0.1) is 0 Å². The molecule has 104 valence electrons. The maximum atomic E-state index is 13.5. The number of hydrogen-bond donors (Lipinski definition) is 3. The molecule has 0 fully saturated rings. The van der Waals surface area contributed by atoms with Gasteiger partial charge in [0.2, 0.25) is 0 Å². The third-order valence-electron chi connectivity index (χ3n) is 2.75. The Morgan fingerprint density at radius 3 is 2.56 bits per heavy atom. The van der Waals surface area contributed by atoms with Crippen LogP contribution < -0.4 is 10.6 Å². The van der Waals surface area contributed by atoms with E-state index in [-0.39, 0.29) is 12.0 Å². The number of allylic oxidation sites excluding steroid dienone is 1. The number of aliphatic carboxylic acids is 1. The third kappa shape index (κ3) is 3.12. The second kappa shape index (κ2) is 5.55. The van der Waals surface area contributed by atoms with Crippen LogP contribution in [0.3, 0.4) is 0 Å². The number of carboxylic acid groups (broad SMARTS) is 1. The van der Waals surface area contributed by atoms with Crippen molar-refractivity contribution >= 4 is 5.97 Å². The minimum atomic E-state index is -3.28. The first-order valence-electron chi connectivity index (χ1n) is 5.32. The van der Waals surface area contributed by atoms with Crippen molar-refractivity contribution in [2.75, 3.05) is 13.6 Å². The third-order valence-corrected chi connectivity index (χ3v) is 2.75. The van der Waals surface area contributed by atoms with Crippen LogP contribution in [-0.4, -0.2) is 43.1 Å². The van der Waals surface area contributed by atoms with E-state index >= 15 is 0 Å². The predicted molar refractivity (Wildman–Crippen MR) is 55.7 cm³/mol. The Balaban J connectivity index is 3.00. The fourth-order valence-electron chi connectivity index (χ4n) is 1.95. The van der Waals surface area contributed by atoms with Crippen molar-refractivity contribution in [2.45, 2.75) is 31.2 Å². The average molecular weight is 270 g/mol. The first kappa shape index (κ1) is 14.7. The van der Waals surface area contributed by atoms with Crippen LogP contribution in [0.2, 0.25) is 0 Å². The van der Waals surface area contributed by atoms with Gasteiger partial charge in [-0.2, -0.15) is 8.78 Å². The molecule has 0 radical (unpaired) electrons. The summed E-state index contributed by atoms with van der Waals surface area (Å²) in [5.41, 5.74) is -0.844. The van der Waals surface area contributed by atoms with E-state index < -0.39 is 43.0 Å². The lowest BCUT2D eigenvalue weighted by Gasteiger charge is -2.20. The number of likely N-dealkylation sites (N-methyl/N-ethyl adjacent to an activating group) is 1. The maximum absolute atomic E-state index is 13.5. The molecule has 0 aromatic heterocycles. The zero-order valence-corrected chi connectivity index (χ0v) is 9.64. The highest BCUT2D eigenvalue weighted by molar-refractivity contribution is 5.69. The van der Waals surface area contributed by atoms with Gasteiger partial charge in [0.15, 0.2) is 0 Å². The fraction of sp³-hybridized carbons (Fsp3) is 0.700. The maximum Gasteiger partial charge on any atom is 0.322 e. The molecule has 1 unspecified atom stereocenters. The van der Waals surface area contributed by atoms with Gasteiger partial charge in [-0.25, -0.2) is 8.78 Å². The molecule has 1 rings (SSSR count). The quantitative estimate of drug-likeness (QED) is 0.635. The summed E-state index contributed by atoms with van der Waals surface area (Å²) in [5, 5.41) is 12.8. The van der Waals surface area contributed by atoms with Gasteiger partial charge in [-0.05, 0) is 19.0 Å². The Hall–Kier alpha value is -1.31. The monoisotopic (exact) mass is 270 g/mol. The number of rotatable bonds is 6. The van der Waals surface area contributed by atoms with E-state index in [1.807, 2.05) is 5.32 Å². The average Bonchev–Trinajstić information content (AvgIpc) is 2.52. The van der Waals surface area contributed by atoms with Gasteiger partial charge in [0, 0.05) is 6.42 Å². The smallest absolute Gasteiger partial charge is 0.322 e. The van der Waals surface area contributed by atoms with Crippen LogP contribution in [0.5, 0.6) is 0 Å². The number of halogens is 4. The molecule has 1 atom stereocenters. The molecule has 0 saturated heterocycles. The molecule has 8 heteroatoms. The van der Waals surface area contributed by atoms with Crippen LogP contribution in [0.15, 0.2) is 11.3 Å². The fourth-order valence-corrected chi connectivity index (χ4v) is 1.95. The van der Waals surface area contributed by atoms with Gasteiger partial charge >= 0.3 is 5.97 Å². The van der Waals surface area contributed by atoms with Crippen LogP contribution in [0.1, 0.15) is 12.8 Å². The lowest BCUT2D eigenvalue weighted by molar-refractivity contribution is -0.135. The zero-order chi connectivity index (χ0) is 13.9. The van der Waals surface area contributed by atoms with Crippen LogP contribution in [0.4, 0.5) is 17.6 Å². The van der Waals surface area contributed by atoms with Crippen molar-refractivity contribution in [3.8, 4) is 0 Å². The standard InChI is InChI=1S/C10H14F4N2O2/c1-15-7(9(11)12)5-2-3-10(13,14)8(5)16-4-6(17)18/h7,9,15-16H,2-4H2,1H3,(H,17,18). The minimum Gasteiger partial charge on any atom is -0.480 e. The molecule has 18 heavy (non-hydrogen) atoms. The number of carbonyl (C=O) groups is 1. The van der Waals surface area contributed by atoms with E-state index in [1.165, 1.54) is 7.05 Å². The number of nitrogens with one attached hydrogen (secondary N) is 2. The van der Waals surface area contributed by atoms with Gasteiger partial charge in [0.25, 0.3) is 12.3 Å². The first-order valence-corrected chi connectivity index (χ1v) is 5.32. The molecule has 0 aliphatic heterocycles. The highest BCUT2D eigenvalue weighted by Crippen LogP contribution is 2.40. The summed E-state index contributed by atoms with van der Waals surface area (Å²) in [6.45, 7) is -0.728. The topological polar surface area (TPSA) is 61.4 Å². The van der Waals surface area contributed by atoms with E-state index in [1.54, 1.807) is 0 Å². The van der Waals surface area contributed by atoms with Gasteiger partial charge in [-0.1, -0.05) is 0 Å². The van der Waals surface area contributed by atoms with Crippen LogP contribution in [-0.2, 0) is 4.79 Å². The highest BCUT2D eigenvalue weighted by Gasteiger charge is 2.45. The summed E-state index contributed by atoms with van der Waals surface area (Å²) in [5.74, 6) is -4.61. The van der Waals surface area contributed by atoms with Gasteiger partial charge < -0.3 is 15.7 Å². The van der Waals surface area contributed by atoms with Crippen molar-refractivity contribution in [3.05, 3.63) is 11.3 Å². The number of hydrogen-bond acceptors (Lipinski definition) is 3. The summed E-state index contributed by atoms with van der Waals surface area (Å²) in [4.78, 5) is 10.4. The molecule has 0 heterocycles. The Kier molecular flexibility index (Phi) is 4.55. The number of carboxylic acids is 1. The Morgan fingerprint density at radius 1 is 1.50 bits per heavy atom. The molecular formula is C10H14F4N2O2. The predicted octanol–water partition coefficient (Wildman–Crippen LogP) is 1.20.